The van der Waals surface area contributed by atoms with E-state index in [0.29, 0.717) is 24.4 Å². The third-order valence-corrected chi connectivity index (χ3v) is 3.55. The number of nitriles is 1. The topological polar surface area (TPSA) is 65.4 Å². The summed E-state index contributed by atoms with van der Waals surface area (Å²) in [5.41, 5.74) is 1.49. The van der Waals surface area contributed by atoms with Gasteiger partial charge in [-0.3, -0.25) is 4.79 Å². The summed E-state index contributed by atoms with van der Waals surface area (Å²) in [4.78, 5) is 14.1. The highest BCUT2D eigenvalue weighted by atomic mass is 16.5. The molecule has 1 unspecified atom stereocenters. The first-order chi connectivity index (χ1) is 9.69. The van der Waals surface area contributed by atoms with Crippen LogP contribution in [0.3, 0.4) is 0 Å². The van der Waals surface area contributed by atoms with Gasteiger partial charge in [-0.1, -0.05) is 13.0 Å². The minimum absolute atomic E-state index is 0.0796. The number of ether oxygens (including phenoxy) is 1. The van der Waals surface area contributed by atoms with Crippen LogP contribution in [0.15, 0.2) is 18.2 Å². The lowest BCUT2D eigenvalue weighted by atomic mass is 10.1. The summed E-state index contributed by atoms with van der Waals surface area (Å²) in [6.07, 6.45) is 0.798. The third kappa shape index (κ3) is 2.91. The van der Waals surface area contributed by atoms with Crippen LogP contribution in [-0.2, 0) is 11.3 Å². The number of nitrogens with zero attached hydrogens (tertiary/aromatic N) is 2. The second-order valence-corrected chi connectivity index (χ2v) is 4.82. The van der Waals surface area contributed by atoms with E-state index in [1.165, 1.54) is 0 Å². The van der Waals surface area contributed by atoms with Crippen molar-refractivity contribution >= 4 is 5.91 Å². The fourth-order valence-corrected chi connectivity index (χ4v) is 2.41. The normalized spacial score (nSPS) is 18.8. The summed E-state index contributed by atoms with van der Waals surface area (Å²) >= 11 is 0. The molecule has 0 spiro atoms. The summed E-state index contributed by atoms with van der Waals surface area (Å²) in [7, 11) is 1.54. The number of methoxy groups -OCH3 is 1. The lowest BCUT2D eigenvalue weighted by Crippen LogP contribution is -2.54. The van der Waals surface area contributed by atoms with Gasteiger partial charge in [0, 0.05) is 19.6 Å². The van der Waals surface area contributed by atoms with Crippen LogP contribution in [0.5, 0.6) is 5.75 Å². The van der Waals surface area contributed by atoms with Gasteiger partial charge in [0.05, 0.1) is 18.7 Å². The van der Waals surface area contributed by atoms with E-state index < -0.39 is 0 Å². The molecule has 1 aliphatic heterocycles. The van der Waals surface area contributed by atoms with Crippen LogP contribution in [0.4, 0.5) is 0 Å². The first kappa shape index (κ1) is 14.4. The van der Waals surface area contributed by atoms with Crippen molar-refractivity contribution in [2.75, 3.05) is 20.2 Å². The van der Waals surface area contributed by atoms with Crippen molar-refractivity contribution in [3.63, 3.8) is 0 Å². The number of hydrogen-bond acceptors (Lipinski definition) is 4. The summed E-state index contributed by atoms with van der Waals surface area (Å²) in [6.45, 7) is 4.08. The van der Waals surface area contributed by atoms with E-state index in [4.69, 9.17) is 10.00 Å². The fourth-order valence-electron chi connectivity index (χ4n) is 2.41. The molecule has 0 aliphatic carbocycles. The average Bonchev–Trinajstić information content (AvgIpc) is 2.49. The summed E-state index contributed by atoms with van der Waals surface area (Å²) in [5, 5.41) is 12.2. The number of nitrogens with one attached hydrogen (secondary N) is 1. The molecule has 1 heterocycles. The smallest absolute Gasteiger partial charge is 0.240 e. The van der Waals surface area contributed by atoms with Crippen LogP contribution in [0.2, 0.25) is 0 Å². The zero-order valence-corrected chi connectivity index (χ0v) is 11.8. The Morgan fingerprint density at radius 2 is 2.35 bits per heavy atom. The molecule has 1 aliphatic rings. The molecule has 106 valence electrons. The molecule has 5 nitrogen and oxygen atoms in total. The predicted molar refractivity (Wildman–Crippen MR) is 75.2 cm³/mol. The van der Waals surface area contributed by atoms with Crippen molar-refractivity contribution in [3.8, 4) is 11.8 Å². The Hall–Kier alpha value is -2.06. The van der Waals surface area contributed by atoms with Gasteiger partial charge in [0.1, 0.15) is 11.8 Å². The van der Waals surface area contributed by atoms with Gasteiger partial charge >= 0.3 is 0 Å². The number of carbonyl (C=O) groups excluding carboxylic acids is 1. The van der Waals surface area contributed by atoms with Gasteiger partial charge in [0.15, 0.2) is 0 Å². The number of amides is 1. The maximum Gasteiger partial charge on any atom is 0.240 e. The van der Waals surface area contributed by atoms with Crippen LogP contribution >= 0.6 is 0 Å². The number of benzene rings is 1. The van der Waals surface area contributed by atoms with E-state index in [0.717, 1.165) is 18.5 Å². The molecule has 1 aromatic rings. The number of rotatable bonds is 4. The molecule has 0 saturated carbocycles. The standard InChI is InChI=1S/C15H19N3O2/c1-3-13-15(19)18(7-6-17-13)10-11-4-5-12(9-16)14(8-11)20-2/h4-5,8,13,17H,3,6-7,10H2,1-2H3. The molecule has 2 rings (SSSR count). The molecular formula is C15H19N3O2. The zero-order chi connectivity index (χ0) is 14.5. The Kier molecular flexibility index (Phi) is 4.59. The second-order valence-electron chi connectivity index (χ2n) is 4.82. The highest BCUT2D eigenvalue weighted by Gasteiger charge is 2.26. The molecule has 1 aromatic carbocycles. The highest BCUT2D eigenvalue weighted by molar-refractivity contribution is 5.82. The molecule has 0 aromatic heterocycles. The van der Waals surface area contributed by atoms with Crippen molar-refractivity contribution in [3.05, 3.63) is 29.3 Å². The monoisotopic (exact) mass is 273 g/mol. The lowest BCUT2D eigenvalue weighted by Gasteiger charge is -2.32. The summed E-state index contributed by atoms with van der Waals surface area (Å²) in [5.74, 6) is 0.696. The molecule has 1 atom stereocenters. The van der Waals surface area contributed by atoms with E-state index in [1.54, 1.807) is 13.2 Å². The van der Waals surface area contributed by atoms with Crippen molar-refractivity contribution in [1.29, 1.82) is 5.26 Å². The summed E-state index contributed by atoms with van der Waals surface area (Å²) in [6, 6.07) is 7.44. The lowest BCUT2D eigenvalue weighted by molar-refractivity contribution is -0.136. The Bertz CT molecular complexity index is 536. The van der Waals surface area contributed by atoms with E-state index >= 15 is 0 Å². The van der Waals surface area contributed by atoms with Crippen LogP contribution in [0.1, 0.15) is 24.5 Å². The number of piperazine rings is 1. The van der Waals surface area contributed by atoms with Crippen LogP contribution < -0.4 is 10.1 Å². The summed E-state index contributed by atoms with van der Waals surface area (Å²) < 4.78 is 5.20. The van der Waals surface area contributed by atoms with Crippen LogP contribution in [0.25, 0.3) is 0 Å². The zero-order valence-electron chi connectivity index (χ0n) is 11.8. The maximum absolute atomic E-state index is 12.2. The minimum atomic E-state index is -0.0796. The quantitative estimate of drug-likeness (QED) is 0.897. The molecule has 0 bridgehead atoms. The first-order valence-corrected chi connectivity index (χ1v) is 6.78. The van der Waals surface area contributed by atoms with E-state index in [2.05, 4.69) is 11.4 Å². The molecule has 5 heteroatoms. The maximum atomic E-state index is 12.2. The molecule has 1 amide bonds. The minimum Gasteiger partial charge on any atom is -0.495 e. The Morgan fingerprint density at radius 3 is 3.00 bits per heavy atom. The molecule has 1 N–H and O–H groups in total. The average molecular weight is 273 g/mol. The molecule has 0 radical (unpaired) electrons. The van der Waals surface area contributed by atoms with Crippen molar-refractivity contribution in [2.24, 2.45) is 0 Å². The molecule has 1 fully saturated rings. The molecular weight excluding hydrogens is 254 g/mol. The van der Waals surface area contributed by atoms with Crippen LogP contribution in [0, 0.1) is 11.3 Å². The van der Waals surface area contributed by atoms with Gasteiger partial charge in [0.25, 0.3) is 0 Å². The SMILES string of the molecule is CCC1NCCN(Cc2ccc(C#N)c(OC)c2)C1=O. The fraction of sp³-hybridized carbons (Fsp3) is 0.467. The number of hydrogen-bond donors (Lipinski definition) is 1. The van der Waals surface area contributed by atoms with Crippen molar-refractivity contribution < 1.29 is 9.53 Å². The largest absolute Gasteiger partial charge is 0.495 e. The molecule has 20 heavy (non-hydrogen) atoms. The first-order valence-electron chi connectivity index (χ1n) is 6.78. The third-order valence-electron chi connectivity index (χ3n) is 3.55. The number of carbonyl (C=O) groups is 1. The van der Waals surface area contributed by atoms with Gasteiger partial charge in [-0.15, -0.1) is 0 Å². The Labute approximate surface area is 119 Å². The van der Waals surface area contributed by atoms with E-state index in [1.807, 2.05) is 24.0 Å². The van der Waals surface area contributed by atoms with E-state index in [9.17, 15) is 4.79 Å². The van der Waals surface area contributed by atoms with Gasteiger partial charge in [-0.05, 0) is 24.1 Å². The molecule has 1 saturated heterocycles. The second kappa shape index (κ2) is 6.40. The van der Waals surface area contributed by atoms with Crippen LogP contribution in [-0.4, -0.2) is 37.0 Å². The predicted octanol–water partition coefficient (Wildman–Crippen LogP) is 1.28. The van der Waals surface area contributed by atoms with Gasteiger partial charge in [0.2, 0.25) is 5.91 Å². The van der Waals surface area contributed by atoms with Gasteiger partial charge in [-0.25, -0.2) is 0 Å². The van der Waals surface area contributed by atoms with Gasteiger partial charge < -0.3 is 15.0 Å². The Balaban J connectivity index is 2.14. The Morgan fingerprint density at radius 1 is 1.55 bits per heavy atom. The highest BCUT2D eigenvalue weighted by Crippen LogP contribution is 2.21. The van der Waals surface area contributed by atoms with Crippen molar-refractivity contribution in [2.45, 2.75) is 25.9 Å². The van der Waals surface area contributed by atoms with Crippen molar-refractivity contribution in [1.82, 2.24) is 10.2 Å². The van der Waals surface area contributed by atoms with Gasteiger partial charge in [-0.2, -0.15) is 5.26 Å². The van der Waals surface area contributed by atoms with E-state index in [-0.39, 0.29) is 11.9 Å².